The van der Waals surface area contributed by atoms with Crippen molar-refractivity contribution >= 4 is 0 Å². The van der Waals surface area contributed by atoms with Crippen molar-refractivity contribution in [1.29, 1.82) is 0 Å². The van der Waals surface area contributed by atoms with Crippen molar-refractivity contribution in [2.45, 2.75) is 61.8 Å². The van der Waals surface area contributed by atoms with Crippen LogP contribution in [0.4, 0.5) is 0 Å². The van der Waals surface area contributed by atoms with Crippen LogP contribution in [0.15, 0.2) is 11.6 Å². The van der Waals surface area contributed by atoms with Gasteiger partial charge in [-0.25, -0.2) is 0 Å². The molecule has 16 heavy (non-hydrogen) atoms. The van der Waals surface area contributed by atoms with Gasteiger partial charge in [-0.1, -0.05) is 67.0 Å². The molecule has 0 saturated heterocycles. The summed E-state index contributed by atoms with van der Waals surface area (Å²) in [5.41, 5.74) is 1.95. The van der Waals surface area contributed by atoms with Gasteiger partial charge >= 0.3 is 0 Å². The Bertz CT molecular complexity index is 304. The Hall–Kier alpha value is -0.260. The number of allylic oxidation sites excluding steroid dienone is 2. The molecule has 0 nitrogen and oxygen atoms in total. The molecule has 0 aliphatic heterocycles. The van der Waals surface area contributed by atoms with Crippen LogP contribution in [0.25, 0.3) is 0 Å². The van der Waals surface area contributed by atoms with E-state index in [1.165, 1.54) is 5.57 Å². The standard InChI is InChI=1S/C16H30/c1-11(2)12-9-13(15(3,4)5)14(10-12)16(6,7)8/h9,11,13-14H,10H2,1-8H3/i11T. The van der Waals surface area contributed by atoms with E-state index in [4.69, 9.17) is 1.37 Å². The van der Waals surface area contributed by atoms with E-state index in [1.54, 1.807) is 0 Å². The topological polar surface area (TPSA) is 0 Å². The summed E-state index contributed by atoms with van der Waals surface area (Å²) in [5, 5.41) is 0. The van der Waals surface area contributed by atoms with E-state index in [1.807, 2.05) is 13.8 Å². The molecule has 1 aliphatic rings. The predicted octanol–water partition coefficient (Wildman–Crippen LogP) is 5.30. The molecule has 1 aliphatic carbocycles. The molecule has 0 saturated carbocycles. The Labute approximate surface area is 104 Å². The molecule has 0 aromatic rings. The third-order valence-corrected chi connectivity index (χ3v) is 4.01. The Morgan fingerprint density at radius 2 is 1.62 bits per heavy atom. The van der Waals surface area contributed by atoms with Gasteiger partial charge in [0, 0.05) is 1.37 Å². The van der Waals surface area contributed by atoms with Crippen LogP contribution in [0.3, 0.4) is 0 Å². The van der Waals surface area contributed by atoms with Gasteiger partial charge < -0.3 is 0 Å². The van der Waals surface area contributed by atoms with Gasteiger partial charge in [-0.3, -0.25) is 0 Å². The first-order chi connectivity index (χ1) is 7.33. The van der Waals surface area contributed by atoms with E-state index in [0.29, 0.717) is 22.7 Å². The van der Waals surface area contributed by atoms with E-state index in [0.717, 1.165) is 6.42 Å². The van der Waals surface area contributed by atoms with Crippen molar-refractivity contribution in [2.24, 2.45) is 28.6 Å². The van der Waals surface area contributed by atoms with Crippen LogP contribution in [0.5, 0.6) is 0 Å². The minimum Gasteiger partial charge on any atom is -0.0811 e. The number of rotatable bonds is 1. The maximum Gasteiger partial charge on any atom is 0.0343 e. The lowest BCUT2D eigenvalue weighted by atomic mass is 9.66. The first kappa shape index (κ1) is 12.2. The molecule has 0 bridgehead atoms. The average molecular weight is 224 g/mol. The van der Waals surface area contributed by atoms with Gasteiger partial charge in [0.2, 0.25) is 0 Å². The molecule has 0 aromatic carbocycles. The summed E-state index contributed by atoms with van der Waals surface area (Å²) >= 11 is 0. The van der Waals surface area contributed by atoms with E-state index in [2.05, 4.69) is 47.6 Å². The highest BCUT2D eigenvalue weighted by molar-refractivity contribution is 5.19. The third-order valence-electron chi connectivity index (χ3n) is 4.01. The highest BCUT2D eigenvalue weighted by Gasteiger charge is 2.41. The summed E-state index contributed by atoms with van der Waals surface area (Å²) in [6.07, 6.45) is 3.50. The zero-order valence-corrected chi connectivity index (χ0v) is 12.4. The first-order valence-corrected chi connectivity index (χ1v) is 6.54. The van der Waals surface area contributed by atoms with Gasteiger partial charge in [0.1, 0.15) is 0 Å². The lowest BCUT2D eigenvalue weighted by Gasteiger charge is -2.39. The second-order valence-corrected chi connectivity index (χ2v) is 7.76. The monoisotopic (exact) mass is 224 g/mol. The molecule has 0 heterocycles. The average Bonchev–Trinajstić information content (AvgIpc) is 2.42. The Kier molecular flexibility index (Phi) is 3.20. The highest BCUT2D eigenvalue weighted by Crippen LogP contribution is 2.50. The molecular weight excluding hydrogens is 192 g/mol. The van der Waals surface area contributed by atoms with Crippen molar-refractivity contribution in [3.63, 3.8) is 0 Å². The van der Waals surface area contributed by atoms with Gasteiger partial charge in [0.25, 0.3) is 0 Å². The molecule has 0 N–H and O–H groups in total. The van der Waals surface area contributed by atoms with Crippen molar-refractivity contribution < 1.29 is 1.37 Å². The summed E-state index contributed by atoms with van der Waals surface area (Å²) in [7, 11) is 0. The van der Waals surface area contributed by atoms with Crippen LogP contribution in [0.1, 0.15) is 63.2 Å². The van der Waals surface area contributed by atoms with E-state index >= 15 is 0 Å². The second-order valence-electron chi connectivity index (χ2n) is 7.76. The summed E-state index contributed by atoms with van der Waals surface area (Å²) in [4.78, 5) is 0. The van der Waals surface area contributed by atoms with Gasteiger partial charge in [-0.15, -0.1) is 0 Å². The third kappa shape index (κ3) is 2.90. The maximum absolute atomic E-state index is 8.25. The molecule has 94 valence electrons. The van der Waals surface area contributed by atoms with Crippen LogP contribution in [0.2, 0.25) is 0 Å². The van der Waals surface area contributed by atoms with Crippen LogP contribution < -0.4 is 0 Å². The Morgan fingerprint density at radius 3 is 1.88 bits per heavy atom. The molecule has 1 rings (SSSR count). The molecular formula is C16H30. The van der Waals surface area contributed by atoms with Crippen LogP contribution in [-0.2, 0) is 0 Å². The fraction of sp³-hybridized carbons (Fsp3) is 0.875. The van der Waals surface area contributed by atoms with Gasteiger partial charge in [0.05, 0.1) is 0 Å². The zero-order chi connectivity index (χ0) is 13.6. The molecule has 2 unspecified atom stereocenters. The van der Waals surface area contributed by atoms with E-state index in [-0.39, 0.29) is 0 Å². The van der Waals surface area contributed by atoms with Crippen molar-refractivity contribution in [3.05, 3.63) is 11.6 Å². The molecule has 0 fully saturated rings. The number of hydrogen-bond donors (Lipinski definition) is 0. The minimum absolute atomic E-state index is 0.297. The molecule has 0 amide bonds. The zero-order valence-electron chi connectivity index (χ0n) is 13.4. The van der Waals surface area contributed by atoms with Crippen LogP contribution in [0, 0.1) is 28.6 Å². The Morgan fingerprint density at radius 1 is 1.12 bits per heavy atom. The fourth-order valence-corrected chi connectivity index (χ4v) is 2.83. The van der Waals surface area contributed by atoms with Crippen LogP contribution in [-0.4, -0.2) is 0 Å². The van der Waals surface area contributed by atoms with Gasteiger partial charge in [-0.05, 0) is 35.0 Å². The second kappa shape index (κ2) is 4.20. The lowest BCUT2D eigenvalue weighted by molar-refractivity contribution is 0.118. The SMILES string of the molecule is [3H]C(C)(C)C1=CC(C(C)(C)C)C(C(C)(C)C)C1. The van der Waals surface area contributed by atoms with Crippen molar-refractivity contribution in [2.75, 3.05) is 0 Å². The van der Waals surface area contributed by atoms with E-state index in [9.17, 15) is 0 Å². The van der Waals surface area contributed by atoms with Crippen molar-refractivity contribution in [3.8, 4) is 0 Å². The van der Waals surface area contributed by atoms with Crippen molar-refractivity contribution in [1.82, 2.24) is 0 Å². The first-order valence-electron chi connectivity index (χ1n) is 7.04. The molecule has 0 radical (unpaired) electrons. The summed E-state index contributed by atoms with van der Waals surface area (Å²) in [6.45, 7) is 18.0. The number of hydrogen-bond acceptors (Lipinski definition) is 0. The smallest absolute Gasteiger partial charge is 0.0343 e. The molecule has 0 heteroatoms. The highest BCUT2D eigenvalue weighted by atomic mass is 14.5. The molecule has 0 spiro atoms. The predicted molar refractivity (Wildman–Crippen MR) is 73.4 cm³/mol. The molecule has 0 aromatic heterocycles. The fourth-order valence-electron chi connectivity index (χ4n) is 2.83. The van der Waals surface area contributed by atoms with Gasteiger partial charge in [-0.2, -0.15) is 0 Å². The van der Waals surface area contributed by atoms with Crippen LogP contribution >= 0.6 is 0 Å². The lowest BCUT2D eigenvalue weighted by Crippen LogP contribution is -2.32. The summed E-state index contributed by atoms with van der Waals surface area (Å²) in [5.74, 6) is 0.855. The molecule has 2 atom stereocenters. The summed E-state index contributed by atoms with van der Waals surface area (Å²) < 4.78 is 8.25. The van der Waals surface area contributed by atoms with Gasteiger partial charge in [0.15, 0.2) is 0 Å². The largest absolute Gasteiger partial charge is 0.0811 e. The normalized spacial score (nSPS) is 29.0. The quantitative estimate of drug-likeness (QED) is 0.530. The minimum atomic E-state index is -0.413. The van der Waals surface area contributed by atoms with E-state index < -0.39 is 5.89 Å². The maximum atomic E-state index is 8.25. The Balaban J connectivity index is 3.08. The summed E-state index contributed by atoms with van der Waals surface area (Å²) in [6, 6.07) is 0.